The van der Waals surface area contributed by atoms with Crippen molar-refractivity contribution in [1.29, 1.82) is 0 Å². The van der Waals surface area contributed by atoms with Crippen LogP contribution in [-0.4, -0.2) is 26.2 Å². The van der Waals surface area contributed by atoms with E-state index in [-0.39, 0.29) is 38.6 Å². The molecule has 0 aliphatic heterocycles. The van der Waals surface area contributed by atoms with E-state index in [1.165, 1.54) is 12.1 Å². The van der Waals surface area contributed by atoms with Crippen molar-refractivity contribution in [3.05, 3.63) is 21.6 Å². The second kappa shape index (κ2) is 7.09. The zero-order valence-corrected chi connectivity index (χ0v) is 14.4. The fourth-order valence-corrected chi connectivity index (χ4v) is 4.42. The number of hydrogen-bond donors (Lipinski definition) is 3. The fraction of sp³-hybridized carbons (Fsp3) is 0.500. The van der Waals surface area contributed by atoms with Crippen LogP contribution in [0.5, 0.6) is 0 Å². The molecule has 4 N–H and O–H groups in total. The van der Waals surface area contributed by atoms with Gasteiger partial charge in [0.25, 0.3) is 0 Å². The van der Waals surface area contributed by atoms with Gasteiger partial charge in [0.2, 0.25) is 10.0 Å². The molecular formula is C12H18BrClN2O3S. The molecule has 0 radical (unpaired) electrons. The third-order valence-electron chi connectivity index (χ3n) is 2.87. The summed E-state index contributed by atoms with van der Waals surface area (Å²) in [5.41, 5.74) is 5.95. The zero-order valence-electron chi connectivity index (χ0n) is 11.2. The first-order valence-electron chi connectivity index (χ1n) is 6.06. The summed E-state index contributed by atoms with van der Waals surface area (Å²) >= 11 is 9.02. The van der Waals surface area contributed by atoms with E-state index in [9.17, 15) is 8.42 Å². The first-order valence-corrected chi connectivity index (χ1v) is 8.72. The van der Waals surface area contributed by atoms with Crippen LogP contribution >= 0.6 is 27.5 Å². The first kappa shape index (κ1) is 17.7. The predicted octanol–water partition coefficient (Wildman–Crippen LogP) is 2.37. The van der Waals surface area contributed by atoms with Crippen molar-refractivity contribution in [1.82, 2.24) is 4.72 Å². The number of nitrogens with one attached hydrogen (secondary N) is 1. The third-order valence-corrected chi connectivity index (χ3v) is 5.75. The number of rotatable bonds is 6. The highest BCUT2D eigenvalue weighted by atomic mass is 79.9. The average molecular weight is 386 g/mol. The molecule has 0 aromatic heterocycles. The number of nitrogens with two attached hydrogens (primary N) is 1. The maximum atomic E-state index is 12.4. The minimum absolute atomic E-state index is 0.00825. The van der Waals surface area contributed by atoms with Crippen molar-refractivity contribution in [2.45, 2.75) is 31.2 Å². The molecule has 0 aliphatic rings. The Morgan fingerprint density at radius 3 is 2.55 bits per heavy atom. The van der Waals surface area contributed by atoms with Crippen molar-refractivity contribution in [3.63, 3.8) is 0 Å². The van der Waals surface area contributed by atoms with Gasteiger partial charge in [-0.25, -0.2) is 13.1 Å². The van der Waals surface area contributed by atoms with Gasteiger partial charge in [-0.2, -0.15) is 0 Å². The minimum Gasteiger partial charge on any atom is -0.398 e. The molecule has 5 nitrogen and oxygen atoms in total. The van der Waals surface area contributed by atoms with Gasteiger partial charge in [-0.1, -0.05) is 25.4 Å². The van der Waals surface area contributed by atoms with Crippen LogP contribution in [0, 0.1) is 5.92 Å². The van der Waals surface area contributed by atoms with Gasteiger partial charge < -0.3 is 10.8 Å². The lowest BCUT2D eigenvalue weighted by Crippen LogP contribution is -2.39. The molecule has 0 fully saturated rings. The van der Waals surface area contributed by atoms with E-state index >= 15 is 0 Å². The third kappa shape index (κ3) is 4.33. The van der Waals surface area contributed by atoms with Crippen molar-refractivity contribution >= 4 is 43.2 Å². The van der Waals surface area contributed by atoms with Crippen LogP contribution in [0.15, 0.2) is 21.5 Å². The van der Waals surface area contributed by atoms with Crippen LogP contribution in [0.1, 0.15) is 20.3 Å². The second-order valence-corrected chi connectivity index (χ2v) is 7.70. The number of nitrogen functional groups attached to an aromatic ring is 1. The molecule has 1 aromatic rings. The van der Waals surface area contributed by atoms with E-state index in [4.69, 9.17) is 22.4 Å². The highest BCUT2D eigenvalue weighted by molar-refractivity contribution is 9.10. The molecule has 0 aliphatic carbocycles. The molecule has 114 valence electrons. The van der Waals surface area contributed by atoms with Crippen LogP contribution in [0.3, 0.4) is 0 Å². The van der Waals surface area contributed by atoms with Crippen LogP contribution in [0.25, 0.3) is 0 Å². The summed E-state index contributed by atoms with van der Waals surface area (Å²) in [4.78, 5) is -0.00825. The van der Waals surface area contributed by atoms with E-state index in [0.717, 1.165) is 0 Å². The standard InChI is InChI=1S/C12H18BrClN2O3S/c1-7(2)10(3-4-17)16-20(18,19)11-6-8(14)5-9(15)12(11)13/h5-7,10,16-17H,3-4,15H2,1-2H3. The molecule has 1 aromatic carbocycles. The predicted molar refractivity (Wildman–Crippen MR) is 84.2 cm³/mol. The molecular weight excluding hydrogens is 368 g/mol. The van der Waals surface area contributed by atoms with Crippen LogP contribution in [0.4, 0.5) is 5.69 Å². The van der Waals surface area contributed by atoms with Gasteiger partial charge in [-0.3, -0.25) is 0 Å². The normalized spacial score (nSPS) is 13.7. The summed E-state index contributed by atoms with van der Waals surface area (Å²) in [6, 6.07) is 2.44. The molecule has 1 unspecified atom stereocenters. The van der Waals surface area contributed by atoms with Gasteiger partial charge in [0.1, 0.15) is 0 Å². The highest BCUT2D eigenvalue weighted by Gasteiger charge is 2.25. The van der Waals surface area contributed by atoms with Crippen LogP contribution < -0.4 is 10.5 Å². The number of aliphatic hydroxyl groups excluding tert-OH is 1. The zero-order chi connectivity index (χ0) is 15.5. The van der Waals surface area contributed by atoms with Crippen molar-refractivity contribution in [3.8, 4) is 0 Å². The minimum atomic E-state index is -3.77. The molecule has 0 saturated heterocycles. The fourth-order valence-electron chi connectivity index (χ4n) is 1.71. The Balaban J connectivity index is 3.17. The van der Waals surface area contributed by atoms with Gasteiger partial charge in [-0.05, 0) is 40.4 Å². The maximum Gasteiger partial charge on any atom is 0.242 e. The monoisotopic (exact) mass is 384 g/mol. The molecule has 0 amide bonds. The molecule has 0 bridgehead atoms. The Morgan fingerprint density at radius 2 is 2.05 bits per heavy atom. The summed E-state index contributed by atoms with van der Waals surface area (Å²) in [6.07, 6.45) is 0.338. The van der Waals surface area contributed by atoms with Gasteiger partial charge >= 0.3 is 0 Å². The summed E-state index contributed by atoms with van der Waals surface area (Å²) in [6.45, 7) is 3.67. The lowest BCUT2D eigenvalue weighted by atomic mass is 10.0. The second-order valence-electron chi connectivity index (χ2n) is 4.79. The number of sulfonamides is 1. The number of halogens is 2. The van der Waals surface area contributed by atoms with Crippen molar-refractivity contribution in [2.24, 2.45) is 5.92 Å². The van der Waals surface area contributed by atoms with Gasteiger partial charge in [0.05, 0.1) is 9.37 Å². The molecule has 8 heteroatoms. The van der Waals surface area contributed by atoms with Gasteiger partial charge in [0.15, 0.2) is 0 Å². The lowest BCUT2D eigenvalue weighted by molar-refractivity contribution is 0.256. The average Bonchev–Trinajstić information content (AvgIpc) is 2.32. The highest BCUT2D eigenvalue weighted by Crippen LogP contribution is 2.31. The molecule has 1 rings (SSSR count). The van der Waals surface area contributed by atoms with Gasteiger partial charge in [-0.15, -0.1) is 0 Å². The Kier molecular flexibility index (Phi) is 6.27. The van der Waals surface area contributed by atoms with E-state index in [0.29, 0.717) is 6.42 Å². The van der Waals surface area contributed by atoms with E-state index in [1.54, 1.807) is 0 Å². The molecule has 0 saturated carbocycles. The number of aliphatic hydroxyl groups is 1. The molecule has 20 heavy (non-hydrogen) atoms. The van der Waals surface area contributed by atoms with Gasteiger partial charge in [0, 0.05) is 23.4 Å². The largest absolute Gasteiger partial charge is 0.398 e. The Bertz CT molecular complexity index is 578. The van der Waals surface area contributed by atoms with Crippen LogP contribution in [-0.2, 0) is 10.0 Å². The smallest absolute Gasteiger partial charge is 0.242 e. The number of anilines is 1. The van der Waals surface area contributed by atoms with Crippen molar-refractivity contribution in [2.75, 3.05) is 12.3 Å². The number of hydrogen-bond acceptors (Lipinski definition) is 4. The summed E-state index contributed by atoms with van der Waals surface area (Å²) in [7, 11) is -3.77. The maximum absolute atomic E-state index is 12.4. The topological polar surface area (TPSA) is 92.4 Å². The first-order chi connectivity index (χ1) is 9.19. The van der Waals surface area contributed by atoms with E-state index in [2.05, 4.69) is 20.7 Å². The Hall–Kier alpha value is -0.340. The molecule has 1 atom stereocenters. The SMILES string of the molecule is CC(C)C(CCO)NS(=O)(=O)c1cc(Cl)cc(N)c1Br. The van der Waals surface area contributed by atoms with E-state index < -0.39 is 10.0 Å². The van der Waals surface area contributed by atoms with Crippen molar-refractivity contribution < 1.29 is 13.5 Å². The Morgan fingerprint density at radius 1 is 1.45 bits per heavy atom. The quantitative estimate of drug-likeness (QED) is 0.655. The molecule has 0 spiro atoms. The number of benzene rings is 1. The summed E-state index contributed by atoms with van der Waals surface area (Å²) in [5.74, 6) is 0.0484. The summed E-state index contributed by atoms with van der Waals surface area (Å²) < 4.78 is 27.7. The van der Waals surface area contributed by atoms with Crippen LogP contribution in [0.2, 0.25) is 5.02 Å². The van der Waals surface area contributed by atoms with E-state index in [1.807, 2.05) is 13.8 Å². The lowest BCUT2D eigenvalue weighted by Gasteiger charge is -2.22. The molecule has 0 heterocycles. The Labute approximate surface area is 132 Å². The summed E-state index contributed by atoms with van der Waals surface area (Å²) in [5, 5.41) is 9.26.